The van der Waals surface area contributed by atoms with Crippen LogP contribution in [0.5, 0.6) is 11.5 Å². The first-order valence-corrected chi connectivity index (χ1v) is 13.5. The number of carbonyl (C=O) groups excluding carboxylic acids is 1. The average Bonchev–Trinajstić information content (AvgIpc) is 3.22. The van der Waals surface area contributed by atoms with Crippen LogP contribution < -0.4 is 9.47 Å². The summed E-state index contributed by atoms with van der Waals surface area (Å²) in [6.45, 7) is 5.83. The fourth-order valence-electron chi connectivity index (χ4n) is 4.82. The Labute approximate surface area is 215 Å². The summed E-state index contributed by atoms with van der Waals surface area (Å²) in [5.74, 6) is 1.35. The Morgan fingerprint density at radius 3 is 1.64 bits per heavy atom. The van der Waals surface area contributed by atoms with Crippen LogP contribution in [0.4, 0.5) is 0 Å². The summed E-state index contributed by atoms with van der Waals surface area (Å²) in [6.07, 6.45) is 9.36. The molecule has 4 nitrogen and oxygen atoms in total. The molecule has 0 aromatic heterocycles. The first kappa shape index (κ1) is 25.8. The van der Waals surface area contributed by atoms with E-state index in [2.05, 4.69) is 13.8 Å². The zero-order valence-electron chi connectivity index (χ0n) is 21.6. The normalized spacial score (nSPS) is 13.8. The van der Waals surface area contributed by atoms with Crippen molar-refractivity contribution >= 4 is 5.97 Å². The standard InChI is InChI=1S/C32H38O4/c1-3-5-7-11-23-34-27-19-15-25(16-20-27)32(30-14-10-9-13-29(30)31(33)36-32)26-17-21-28(22-18-26)35-24-12-8-6-4-2/h9-10,13-22H,3-8,11-12,23-24H2,1-2H3. The van der Waals surface area contributed by atoms with E-state index in [0.29, 0.717) is 18.8 Å². The van der Waals surface area contributed by atoms with Crippen LogP contribution in [0.25, 0.3) is 0 Å². The molecule has 0 spiro atoms. The van der Waals surface area contributed by atoms with Crippen LogP contribution >= 0.6 is 0 Å². The lowest BCUT2D eigenvalue weighted by Crippen LogP contribution is -2.29. The van der Waals surface area contributed by atoms with Gasteiger partial charge in [0.25, 0.3) is 0 Å². The van der Waals surface area contributed by atoms with Gasteiger partial charge in [-0.3, -0.25) is 0 Å². The molecule has 1 heterocycles. The van der Waals surface area contributed by atoms with Gasteiger partial charge in [-0.05, 0) is 43.2 Å². The highest BCUT2D eigenvalue weighted by Crippen LogP contribution is 2.47. The van der Waals surface area contributed by atoms with E-state index in [1.165, 1.54) is 38.5 Å². The van der Waals surface area contributed by atoms with Crippen LogP contribution in [0.3, 0.4) is 0 Å². The third kappa shape index (κ3) is 5.75. The minimum absolute atomic E-state index is 0.307. The van der Waals surface area contributed by atoms with Crippen molar-refractivity contribution in [1.29, 1.82) is 0 Å². The second kappa shape index (κ2) is 12.6. The quantitative estimate of drug-likeness (QED) is 0.171. The molecule has 3 aromatic rings. The summed E-state index contributed by atoms with van der Waals surface area (Å²) in [6, 6.07) is 23.6. The topological polar surface area (TPSA) is 44.8 Å². The number of carbonyl (C=O) groups is 1. The van der Waals surface area contributed by atoms with Gasteiger partial charge in [0.15, 0.2) is 5.60 Å². The Morgan fingerprint density at radius 1 is 0.639 bits per heavy atom. The van der Waals surface area contributed by atoms with Crippen molar-refractivity contribution < 1.29 is 19.0 Å². The Kier molecular flexibility index (Phi) is 9.05. The lowest BCUT2D eigenvalue weighted by Gasteiger charge is -2.30. The van der Waals surface area contributed by atoms with Gasteiger partial charge in [0.1, 0.15) is 11.5 Å². The molecule has 0 aliphatic carbocycles. The number of fused-ring (bicyclic) bond motifs is 1. The van der Waals surface area contributed by atoms with Gasteiger partial charge in [-0.1, -0.05) is 94.8 Å². The summed E-state index contributed by atoms with van der Waals surface area (Å²) < 4.78 is 18.1. The summed E-state index contributed by atoms with van der Waals surface area (Å²) in [5.41, 5.74) is 2.24. The van der Waals surface area contributed by atoms with E-state index in [4.69, 9.17) is 14.2 Å². The predicted molar refractivity (Wildman–Crippen MR) is 144 cm³/mol. The van der Waals surface area contributed by atoms with Gasteiger partial charge in [-0.2, -0.15) is 0 Å². The molecule has 0 unspecified atom stereocenters. The fraction of sp³-hybridized carbons (Fsp3) is 0.406. The minimum Gasteiger partial charge on any atom is -0.494 e. The second-order valence-corrected chi connectivity index (χ2v) is 9.48. The molecule has 0 saturated heterocycles. The van der Waals surface area contributed by atoms with E-state index in [-0.39, 0.29) is 5.97 Å². The first-order valence-electron chi connectivity index (χ1n) is 13.5. The van der Waals surface area contributed by atoms with Gasteiger partial charge in [0.05, 0.1) is 18.8 Å². The van der Waals surface area contributed by atoms with E-state index < -0.39 is 5.60 Å². The average molecular weight is 487 g/mol. The van der Waals surface area contributed by atoms with Crippen LogP contribution in [-0.4, -0.2) is 19.2 Å². The van der Waals surface area contributed by atoms with E-state index in [9.17, 15) is 4.79 Å². The molecule has 0 bridgehead atoms. The maximum atomic E-state index is 12.9. The monoisotopic (exact) mass is 486 g/mol. The van der Waals surface area contributed by atoms with E-state index in [0.717, 1.165) is 41.0 Å². The maximum Gasteiger partial charge on any atom is 0.340 e. The van der Waals surface area contributed by atoms with Gasteiger partial charge >= 0.3 is 5.97 Å². The lowest BCUT2D eigenvalue weighted by atomic mass is 9.80. The molecule has 36 heavy (non-hydrogen) atoms. The molecule has 4 heteroatoms. The van der Waals surface area contributed by atoms with Gasteiger partial charge < -0.3 is 14.2 Å². The molecular formula is C32H38O4. The zero-order valence-corrected chi connectivity index (χ0v) is 21.6. The number of hydrogen-bond acceptors (Lipinski definition) is 4. The van der Waals surface area contributed by atoms with Gasteiger partial charge in [0, 0.05) is 16.7 Å². The summed E-state index contributed by atoms with van der Waals surface area (Å²) >= 11 is 0. The number of unbranched alkanes of at least 4 members (excludes halogenated alkanes) is 6. The van der Waals surface area contributed by atoms with Gasteiger partial charge in [-0.15, -0.1) is 0 Å². The maximum absolute atomic E-state index is 12.9. The largest absolute Gasteiger partial charge is 0.494 e. The Balaban J connectivity index is 1.57. The number of esters is 1. The molecular weight excluding hydrogens is 448 g/mol. The first-order chi connectivity index (χ1) is 17.7. The molecule has 190 valence electrons. The van der Waals surface area contributed by atoms with Crippen LogP contribution in [0.1, 0.15) is 92.3 Å². The van der Waals surface area contributed by atoms with Crippen molar-refractivity contribution in [3.8, 4) is 11.5 Å². The molecule has 0 N–H and O–H groups in total. The molecule has 0 atom stereocenters. The van der Waals surface area contributed by atoms with Crippen LogP contribution in [0.2, 0.25) is 0 Å². The van der Waals surface area contributed by atoms with Gasteiger partial charge in [-0.25, -0.2) is 4.79 Å². The number of benzene rings is 3. The molecule has 4 rings (SSSR count). The van der Waals surface area contributed by atoms with Crippen molar-refractivity contribution in [1.82, 2.24) is 0 Å². The zero-order chi connectivity index (χ0) is 25.2. The molecule has 0 amide bonds. The number of cyclic esters (lactones) is 1. The molecule has 3 aromatic carbocycles. The summed E-state index contributed by atoms with van der Waals surface area (Å²) in [7, 11) is 0. The van der Waals surface area contributed by atoms with Crippen LogP contribution in [0.15, 0.2) is 72.8 Å². The van der Waals surface area contributed by atoms with Crippen molar-refractivity contribution in [2.45, 2.75) is 70.8 Å². The Bertz CT molecular complexity index is 1040. The third-order valence-corrected chi connectivity index (χ3v) is 6.83. The van der Waals surface area contributed by atoms with E-state index >= 15 is 0 Å². The highest BCUT2D eigenvalue weighted by atomic mass is 16.6. The third-order valence-electron chi connectivity index (χ3n) is 6.83. The Morgan fingerprint density at radius 2 is 1.14 bits per heavy atom. The van der Waals surface area contributed by atoms with Crippen molar-refractivity contribution in [2.75, 3.05) is 13.2 Å². The molecule has 0 saturated carbocycles. The molecule has 1 aliphatic heterocycles. The molecule has 1 aliphatic rings. The number of rotatable bonds is 14. The predicted octanol–water partition coefficient (Wildman–Crippen LogP) is 8.07. The smallest absolute Gasteiger partial charge is 0.340 e. The SMILES string of the molecule is CCCCCCOc1ccc(C2(c3ccc(OCCCCCC)cc3)OC(=O)c3ccccc32)cc1. The highest BCUT2D eigenvalue weighted by Gasteiger charge is 2.48. The second-order valence-electron chi connectivity index (χ2n) is 9.48. The van der Waals surface area contributed by atoms with Crippen molar-refractivity contribution in [3.63, 3.8) is 0 Å². The van der Waals surface area contributed by atoms with Crippen molar-refractivity contribution in [3.05, 3.63) is 95.1 Å². The summed E-state index contributed by atoms with van der Waals surface area (Å²) in [4.78, 5) is 12.9. The highest BCUT2D eigenvalue weighted by molar-refractivity contribution is 5.96. The van der Waals surface area contributed by atoms with Crippen molar-refractivity contribution in [2.24, 2.45) is 0 Å². The van der Waals surface area contributed by atoms with Gasteiger partial charge in [0.2, 0.25) is 0 Å². The molecule has 0 radical (unpaired) electrons. The van der Waals surface area contributed by atoms with E-state index in [1.54, 1.807) is 0 Å². The fourth-order valence-corrected chi connectivity index (χ4v) is 4.82. The molecule has 0 fully saturated rings. The number of ether oxygens (including phenoxy) is 3. The lowest BCUT2D eigenvalue weighted by molar-refractivity contribution is 0.0251. The van der Waals surface area contributed by atoms with E-state index in [1.807, 2.05) is 72.8 Å². The number of hydrogen-bond donors (Lipinski definition) is 0. The Hall–Kier alpha value is -3.27. The van der Waals surface area contributed by atoms with Crippen LogP contribution in [0, 0.1) is 0 Å². The minimum atomic E-state index is -1.01. The van der Waals surface area contributed by atoms with Crippen LogP contribution in [-0.2, 0) is 10.3 Å². The summed E-state index contributed by atoms with van der Waals surface area (Å²) in [5, 5.41) is 0.